The average molecular weight is 252 g/mol. The molecular weight excluding hydrogens is 234 g/mol. The van der Waals surface area contributed by atoms with Gasteiger partial charge < -0.3 is 10.2 Å². The molecule has 3 nitrogen and oxygen atoms in total. The number of halogens is 1. The lowest BCUT2D eigenvalue weighted by Crippen LogP contribution is -2.49. The summed E-state index contributed by atoms with van der Waals surface area (Å²) in [7, 11) is 0. The third kappa shape index (κ3) is 3.20. The summed E-state index contributed by atoms with van der Waals surface area (Å²) in [6, 6.07) is 0.183. The summed E-state index contributed by atoms with van der Waals surface area (Å²) in [6.07, 6.45) is 1.37. The number of aliphatic hydroxyl groups excluding tert-OH is 2. The summed E-state index contributed by atoms with van der Waals surface area (Å²) in [6.45, 7) is 3.66. The summed E-state index contributed by atoms with van der Waals surface area (Å²) in [5.74, 6) is 0. The fraction of sp³-hybridized carbons (Fsp3) is 1.00. The third-order valence-electron chi connectivity index (χ3n) is 2.70. The second kappa shape index (κ2) is 5.29. The minimum absolute atomic E-state index is 0.183. The quantitative estimate of drug-likeness (QED) is 0.722. The zero-order valence-electron chi connectivity index (χ0n) is 7.99. The molecule has 4 heteroatoms. The normalized spacial score (nSPS) is 33.2. The van der Waals surface area contributed by atoms with E-state index in [1.807, 2.05) is 6.92 Å². The summed E-state index contributed by atoms with van der Waals surface area (Å²) in [4.78, 5) is 2.15. The highest BCUT2D eigenvalue weighted by Gasteiger charge is 2.26. The summed E-state index contributed by atoms with van der Waals surface area (Å²) >= 11 is 3.24. The standard InChI is InChI=1S/C9H18BrNO2/c1-7-9(13)3-2-4-11(7)6-8(12)5-10/h7-9,12-13H,2-6H2,1H3. The van der Waals surface area contributed by atoms with E-state index in [-0.39, 0.29) is 18.2 Å². The van der Waals surface area contributed by atoms with E-state index >= 15 is 0 Å². The van der Waals surface area contributed by atoms with Crippen molar-refractivity contribution in [2.75, 3.05) is 18.4 Å². The first kappa shape index (κ1) is 11.4. The van der Waals surface area contributed by atoms with Crippen molar-refractivity contribution in [1.82, 2.24) is 4.90 Å². The Morgan fingerprint density at radius 2 is 2.31 bits per heavy atom. The van der Waals surface area contributed by atoms with E-state index in [1.165, 1.54) is 0 Å². The zero-order chi connectivity index (χ0) is 9.84. The van der Waals surface area contributed by atoms with Crippen LogP contribution in [-0.2, 0) is 0 Å². The molecule has 1 fully saturated rings. The zero-order valence-corrected chi connectivity index (χ0v) is 9.57. The Kier molecular flexibility index (Phi) is 4.66. The molecule has 0 saturated carbocycles. The molecule has 0 aromatic carbocycles. The number of hydrogen-bond acceptors (Lipinski definition) is 3. The second-order valence-electron chi connectivity index (χ2n) is 3.75. The molecule has 0 radical (unpaired) electrons. The highest BCUT2D eigenvalue weighted by atomic mass is 79.9. The summed E-state index contributed by atoms with van der Waals surface area (Å²) in [5.41, 5.74) is 0. The van der Waals surface area contributed by atoms with E-state index < -0.39 is 0 Å². The topological polar surface area (TPSA) is 43.7 Å². The lowest BCUT2D eigenvalue weighted by molar-refractivity contribution is 0.000824. The van der Waals surface area contributed by atoms with Gasteiger partial charge in [-0.25, -0.2) is 0 Å². The van der Waals surface area contributed by atoms with E-state index in [4.69, 9.17) is 0 Å². The molecule has 0 aromatic heterocycles. The van der Waals surface area contributed by atoms with Gasteiger partial charge in [0.25, 0.3) is 0 Å². The number of rotatable bonds is 3. The Labute approximate surface area is 87.9 Å². The first-order chi connectivity index (χ1) is 6.15. The second-order valence-corrected chi connectivity index (χ2v) is 4.40. The van der Waals surface area contributed by atoms with Crippen LogP contribution in [0.15, 0.2) is 0 Å². The van der Waals surface area contributed by atoms with Crippen molar-refractivity contribution in [2.24, 2.45) is 0 Å². The molecule has 13 heavy (non-hydrogen) atoms. The molecule has 1 saturated heterocycles. The smallest absolute Gasteiger partial charge is 0.0763 e. The summed E-state index contributed by atoms with van der Waals surface area (Å²) < 4.78 is 0. The summed E-state index contributed by atoms with van der Waals surface area (Å²) in [5, 5.41) is 19.6. The van der Waals surface area contributed by atoms with Gasteiger partial charge in [-0.15, -0.1) is 0 Å². The van der Waals surface area contributed by atoms with Crippen molar-refractivity contribution >= 4 is 15.9 Å². The lowest BCUT2D eigenvalue weighted by atomic mass is 10.00. The minimum Gasteiger partial charge on any atom is -0.392 e. The van der Waals surface area contributed by atoms with Gasteiger partial charge in [0.15, 0.2) is 0 Å². The fourth-order valence-electron chi connectivity index (χ4n) is 1.77. The van der Waals surface area contributed by atoms with Crippen LogP contribution in [0.4, 0.5) is 0 Å². The average Bonchev–Trinajstić information content (AvgIpc) is 2.13. The molecule has 78 valence electrons. The molecule has 3 unspecified atom stereocenters. The number of β-amino-alcohol motifs (C(OH)–C–C–N with tert-alkyl or cyclic N) is 1. The number of alkyl halides is 1. The van der Waals surface area contributed by atoms with E-state index in [0.29, 0.717) is 11.9 Å². The van der Waals surface area contributed by atoms with E-state index in [1.54, 1.807) is 0 Å². The van der Waals surface area contributed by atoms with Crippen LogP contribution in [0.25, 0.3) is 0 Å². The molecule has 3 atom stereocenters. The third-order valence-corrected chi connectivity index (χ3v) is 3.45. The van der Waals surface area contributed by atoms with Gasteiger partial charge in [0.05, 0.1) is 12.2 Å². The van der Waals surface area contributed by atoms with Crippen molar-refractivity contribution in [3.63, 3.8) is 0 Å². The molecule has 0 spiro atoms. The maximum Gasteiger partial charge on any atom is 0.0763 e. The first-order valence-electron chi connectivity index (χ1n) is 4.81. The van der Waals surface area contributed by atoms with Crippen molar-refractivity contribution in [3.05, 3.63) is 0 Å². The van der Waals surface area contributed by atoms with Gasteiger partial charge in [-0.1, -0.05) is 15.9 Å². The van der Waals surface area contributed by atoms with E-state index in [2.05, 4.69) is 20.8 Å². The molecule has 0 bridgehead atoms. The predicted molar refractivity (Wildman–Crippen MR) is 56.1 cm³/mol. The largest absolute Gasteiger partial charge is 0.392 e. The predicted octanol–water partition coefficient (Wildman–Crippen LogP) is 0.587. The van der Waals surface area contributed by atoms with E-state index in [0.717, 1.165) is 19.4 Å². The number of hydrogen-bond donors (Lipinski definition) is 2. The monoisotopic (exact) mass is 251 g/mol. The Balaban J connectivity index is 2.39. The van der Waals surface area contributed by atoms with Crippen LogP contribution in [0, 0.1) is 0 Å². The lowest BCUT2D eigenvalue weighted by Gasteiger charge is -2.37. The van der Waals surface area contributed by atoms with Crippen molar-refractivity contribution in [1.29, 1.82) is 0 Å². The van der Waals surface area contributed by atoms with Crippen molar-refractivity contribution in [3.8, 4) is 0 Å². The molecule has 0 amide bonds. The van der Waals surface area contributed by atoms with Crippen LogP contribution in [0.3, 0.4) is 0 Å². The molecule has 1 aliphatic heterocycles. The first-order valence-corrected chi connectivity index (χ1v) is 5.93. The van der Waals surface area contributed by atoms with Gasteiger partial charge in [-0.05, 0) is 26.3 Å². The maximum atomic E-state index is 9.60. The molecule has 0 aliphatic carbocycles. The van der Waals surface area contributed by atoms with Crippen LogP contribution in [0.5, 0.6) is 0 Å². The Morgan fingerprint density at radius 3 is 2.92 bits per heavy atom. The van der Waals surface area contributed by atoms with Gasteiger partial charge >= 0.3 is 0 Å². The molecule has 2 N–H and O–H groups in total. The van der Waals surface area contributed by atoms with Gasteiger partial charge in [0.2, 0.25) is 0 Å². The Hall–Kier alpha value is 0.360. The molecule has 0 aromatic rings. The Morgan fingerprint density at radius 1 is 1.62 bits per heavy atom. The van der Waals surface area contributed by atoms with Crippen molar-refractivity contribution in [2.45, 2.75) is 38.0 Å². The highest BCUT2D eigenvalue weighted by molar-refractivity contribution is 9.09. The van der Waals surface area contributed by atoms with Crippen LogP contribution in [0.1, 0.15) is 19.8 Å². The highest BCUT2D eigenvalue weighted by Crippen LogP contribution is 2.17. The number of piperidine rings is 1. The van der Waals surface area contributed by atoms with Gasteiger partial charge in [0, 0.05) is 17.9 Å². The Bertz CT molecular complexity index is 157. The molecule has 1 rings (SSSR count). The van der Waals surface area contributed by atoms with Crippen LogP contribution in [-0.4, -0.2) is 51.8 Å². The van der Waals surface area contributed by atoms with Crippen LogP contribution < -0.4 is 0 Å². The molecular formula is C9H18BrNO2. The number of likely N-dealkylation sites (tertiary alicyclic amines) is 1. The van der Waals surface area contributed by atoms with E-state index in [9.17, 15) is 10.2 Å². The number of nitrogens with zero attached hydrogens (tertiary/aromatic N) is 1. The minimum atomic E-state index is -0.326. The fourth-order valence-corrected chi connectivity index (χ4v) is 1.97. The van der Waals surface area contributed by atoms with Crippen LogP contribution in [0.2, 0.25) is 0 Å². The SMILES string of the molecule is CC1C(O)CCCN1CC(O)CBr. The molecule has 1 heterocycles. The number of aliphatic hydroxyl groups is 2. The maximum absolute atomic E-state index is 9.60. The van der Waals surface area contributed by atoms with Gasteiger partial charge in [-0.2, -0.15) is 0 Å². The van der Waals surface area contributed by atoms with Crippen LogP contribution >= 0.6 is 15.9 Å². The molecule has 1 aliphatic rings. The van der Waals surface area contributed by atoms with Gasteiger partial charge in [0.1, 0.15) is 0 Å². The van der Waals surface area contributed by atoms with Gasteiger partial charge in [-0.3, -0.25) is 4.90 Å². The van der Waals surface area contributed by atoms with Crippen molar-refractivity contribution < 1.29 is 10.2 Å².